The monoisotopic (exact) mass is 236 g/mol. The van der Waals surface area contributed by atoms with Gasteiger partial charge in [-0.2, -0.15) is 11.8 Å². The zero-order valence-corrected chi connectivity index (χ0v) is 10.8. The van der Waals surface area contributed by atoms with Crippen LogP contribution < -0.4 is 11.1 Å². The number of thioether (sulfide) groups is 1. The molecule has 1 aliphatic carbocycles. The zero-order valence-electron chi connectivity index (χ0n) is 9.99. The molecule has 0 radical (unpaired) electrons. The van der Waals surface area contributed by atoms with Gasteiger partial charge in [0, 0.05) is 22.7 Å². The molecule has 0 heterocycles. The molecule has 1 fully saturated rings. The summed E-state index contributed by atoms with van der Waals surface area (Å²) >= 11 is 1.99. The van der Waals surface area contributed by atoms with Gasteiger partial charge in [0.05, 0.1) is 0 Å². The molecule has 2 atom stereocenters. The minimum Gasteiger partial charge on any atom is -0.399 e. The lowest BCUT2D eigenvalue weighted by Crippen LogP contribution is -2.16. The highest BCUT2D eigenvalue weighted by Gasteiger charge is 2.23. The molecule has 3 N–H and O–H groups in total. The summed E-state index contributed by atoms with van der Waals surface area (Å²) in [5.74, 6) is 0. The summed E-state index contributed by atoms with van der Waals surface area (Å²) in [6, 6.07) is 6.82. The van der Waals surface area contributed by atoms with E-state index in [-0.39, 0.29) is 0 Å². The summed E-state index contributed by atoms with van der Waals surface area (Å²) in [6.45, 7) is 2.08. The summed E-state index contributed by atoms with van der Waals surface area (Å²) in [5, 5.41) is 4.43. The van der Waals surface area contributed by atoms with Gasteiger partial charge in [0.2, 0.25) is 0 Å². The summed E-state index contributed by atoms with van der Waals surface area (Å²) in [7, 11) is 0. The first-order chi connectivity index (χ1) is 7.67. The molecule has 2 nitrogen and oxygen atoms in total. The molecule has 88 valence electrons. The molecule has 1 aliphatic rings. The van der Waals surface area contributed by atoms with Crippen molar-refractivity contribution in [1.29, 1.82) is 0 Å². The van der Waals surface area contributed by atoms with E-state index in [0.717, 1.165) is 10.9 Å². The van der Waals surface area contributed by atoms with Crippen LogP contribution in [0.5, 0.6) is 0 Å². The lowest BCUT2D eigenvalue weighted by molar-refractivity contribution is 0.757. The SMILES string of the molecule is CSC1CCC(Nc2cc(C)cc(N)c2)C1. The van der Waals surface area contributed by atoms with Crippen LogP contribution in [0.3, 0.4) is 0 Å². The van der Waals surface area contributed by atoms with Gasteiger partial charge >= 0.3 is 0 Å². The van der Waals surface area contributed by atoms with Crippen LogP contribution in [0.15, 0.2) is 18.2 Å². The van der Waals surface area contributed by atoms with E-state index in [4.69, 9.17) is 5.73 Å². The molecule has 0 saturated heterocycles. The van der Waals surface area contributed by atoms with Crippen LogP contribution in [-0.2, 0) is 0 Å². The molecule has 1 aromatic carbocycles. The van der Waals surface area contributed by atoms with Crippen LogP contribution in [0.4, 0.5) is 11.4 Å². The molecule has 0 aromatic heterocycles. The van der Waals surface area contributed by atoms with E-state index in [2.05, 4.69) is 24.6 Å². The van der Waals surface area contributed by atoms with E-state index in [1.54, 1.807) is 0 Å². The van der Waals surface area contributed by atoms with Crippen molar-refractivity contribution in [2.24, 2.45) is 0 Å². The molecule has 1 saturated carbocycles. The summed E-state index contributed by atoms with van der Waals surface area (Å²) in [5.41, 5.74) is 9.09. The average Bonchev–Trinajstić information content (AvgIpc) is 2.64. The molecule has 2 unspecified atom stereocenters. The number of benzene rings is 1. The van der Waals surface area contributed by atoms with Gasteiger partial charge in [-0.15, -0.1) is 0 Å². The third kappa shape index (κ3) is 2.85. The van der Waals surface area contributed by atoms with Gasteiger partial charge in [-0.05, 0) is 56.2 Å². The van der Waals surface area contributed by atoms with Gasteiger partial charge < -0.3 is 11.1 Å². The van der Waals surface area contributed by atoms with Crippen molar-refractivity contribution in [2.45, 2.75) is 37.5 Å². The first-order valence-electron chi connectivity index (χ1n) is 5.84. The lowest BCUT2D eigenvalue weighted by Gasteiger charge is -2.15. The van der Waals surface area contributed by atoms with Crippen LogP contribution >= 0.6 is 11.8 Å². The molecule has 0 aliphatic heterocycles. The second kappa shape index (κ2) is 5.00. The quantitative estimate of drug-likeness (QED) is 0.791. The number of nitrogens with two attached hydrogens (primary N) is 1. The Bertz CT molecular complexity index is 345. The van der Waals surface area contributed by atoms with E-state index in [0.29, 0.717) is 6.04 Å². The maximum absolute atomic E-state index is 5.84. The normalized spacial score (nSPS) is 24.6. The molecule has 0 bridgehead atoms. The highest BCUT2D eigenvalue weighted by atomic mass is 32.2. The van der Waals surface area contributed by atoms with Crippen molar-refractivity contribution >= 4 is 23.1 Å². The smallest absolute Gasteiger partial charge is 0.0365 e. The Balaban J connectivity index is 1.99. The zero-order chi connectivity index (χ0) is 11.5. The Morgan fingerprint density at radius 2 is 2.12 bits per heavy atom. The van der Waals surface area contributed by atoms with Crippen molar-refractivity contribution in [3.8, 4) is 0 Å². The molecular formula is C13H20N2S. The van der Waals surface area contributed by atoms with E-state index < -0.39 is 0 Å². The lowest BCUT2D eigenvalue weighted by atomic mass is 10.1. The maximum Gasteiger partial charge on any atom is 0.0365 e. The second-order valence-electron chi connectivity index (χ2n) is 4.64. The Labute approximate surface area is 102 Å². The number of hydrogen-bond donors (Lipinski definition) is 2. The molecule has 3 heteroatoms. The van der Waals surface area contributed by atoms with Crippen LogP contribution in [0.25, 0.3) is 0 Å². The Morgan fingerprint density at radius 1 is 1.31 bits per heavy atom. The fourth-order valence-electron chi connectivity index (χ4n) is 2.42. The number of hydrogen-bond acceptors (Lipinski definition) is 3. The van der Waals surface area contributed by atoms with E-state index in [1.807, 2.05) is 23.9 Å². The van der Waals surface area contributed by atoms with Gasteiger partial charge in [0.25, 0.3) is 0 Å². The van der Waals surface area contributed by atoms with Gasteiger partial charge in [-0.25, -0.2) is 0 Å². The molecular weight excluding hydrogens is 216 g/mol. The average molecular weight is 236 g/mol. The summed E-state index contributed by atoms with van der Waals surface area (Å²) in [6.07, 6.45) is 6.09. The van der Waals surface area contributed by atoms with E-state index in [9.17, 15) is 0 Å². The Kier molecular flexibility index (Phi) is 3.64. The molecule has 0 amide bonds. The molecule has 1 aromatic rings. The van der Waals surface area contributed by atoms with Gasteiger partial charge in [-0.3, -0.25) is 0 Å². The molecule has 2 rings (SSSR count). The Hall–Kier alpha value is -0.830. The number of aryl methyl sites for hydroxylation is 1. The number of rotatable bonds is 3. The third-order valence-corrected chi connectivity index (χ3v) is 4.28. The summed E-state index contributed by atoms with van der Waals surface area (Å²) < 4.78 is 0. The van der Waals surface area contributed by atoms with Crippen LogP contribution in [0, 0.1) is 6.92 Å². The highest BCUT2D eigenvalue weighted by Crippen LogP contribution is 2.30. The van der Waals surface area contributed by atoms with Crippen molar-refractivity contribution in [1.82, 2.24) is 0 Å². The van der Waals surface area contributed by atoms with Crippen molar-refractivity contribution in [3.05, 3.63) is 23.8 Å². The fraction of sp³-hybridized carbons (Fsp3) is 0.538. The predicted molar refractivity (Wildman–Crippen MR) is 74.2 cm³/mol. The van der Waals surface area contributed by atoms with E-state index in [1.165, 1.54) is 30.5 Å². The minimum atomic E-state index is 0.624. The number of nitrogens with one attached hydrogen (secondary N) is 1. The second-order valence-corrected chi connectivity index (χ2v) is 5.78. The fourth-order valence-corrected chi connectivity index (χ4v) is 3.21. The first-order valence-corrected chi connectivity index (χ1v) is 7.12. The summed E-state index contributed by atoms with van der Waals surface area (Å²) in [4.78, 5) is 0. The number of nitrogen functional groups attached to an aromatic ring is 1. The van der Waals surface area contributed by atoms with Gasteiger partial charge in [0.15, 0.2) is 0 Å². The molecule has 0 spiro atoms. The first kappa shape index (κ1) is 11.6. The largest absolute Gasteiger partial charge is 0.399 e. The van der Waals surface area contributed by atoms with Gasteiger partial charge in [-0.1, -0.05) is 0 Å². The molecule has 16 heavy (non-hydrogen) atoms. The predicted octanol–water partition coefficient (Wildman–Crippen LogP) is 3.27. The standard InChI is InChI=1S/C13H20N2S/c1-9-5-10(14)7-12(6-9)15-11-3-4-13(8-11)16-2/h5-7,11,13,15H,3-4,8,14H2,1-2H3. The minimum absolute atomic E-state index is 0.624. The van der Waals surface area contributed by atoms with Crippen molar-refractivity contribution < 1.29 is 0 Å². The van der Waals surface area contributed by atoms with Crippen molar-refractivity contribution in [2.75, 3.05) is 17.3 Å². The Morgan fingerprint density at radius 3 is 2.75 bits per heavy atom. The van der Waals surface area contributed by atoms with Crippen LogP contribution in [-0.4, -0.2) is 17.5 Å². The number of anilines is 2. The maximum atomic E-state index is 5.84. The highest BCUT2D eigenvalue weighted by molar-refractivity contribution is 7.99. The van der Waals surface area contributed by atoms with Crippen LogP contribution in [0.2, 0.25) is 0 Å². The van der Waals surface area contributed by atoms with Gasteiger partial charge in [0.1, 0.15) is 0 Å². The third-order valence-electron chi connectivity index (χ3n) is 3.19. The topological polar surface area (TPSA) is 38.0 Å². The van der Waals surface area contributed by atoms with Crippen LogP contribution in [0.1, 0.15) is 24.8 Å². The van der Waals surface area contributed by atoms with E-state index >= 15 is 0 Å². The van der Waals surface area contributed by atoms with Crippen molar-refractivity contribution in [3.63, 3.8) is 0 Å².